The third-order valence-electron chi connectivity index (χ3n) is 2.18. The molecule has 2 heterocycles. The average molecular weight is 206 g/mol. The summed E-state index contributed by atoms with van der Waals surface area (Å²) in [4.78, 5) is 4.13. The van der Waals surface area contributed by atoms with Gasteiger partial charge in [0.1, 0.15) is 5.69 Å². The quantitative estimate of drug-likeness (QED) is 0.708. The first-order valence-electron chi connectivity index (χ1n) is 4.25. The van der Waals surface area contributed by atoms with Gasteiger partial charge in [-0.2, -0.15) is 5.26 Å². The fourth-order valence-corrected chi connectivity index (χ4v) is 1.82. The van der Waals surface area contributed by atoms with E-state index in [1.54, 1.807) is 6.20 Å². The molecule has 0 amide bonds. The number of fused-ring (bicyclic) bond motifs is 1. The molecular weight excluding hydrogens is 198 g/mol. The van der Waals surface area contributed by atoms with Crippen LogP contribution >= 0.6 is 11.6 Å². The Bertz CT molecular complexity index is 445. The topological polar surface area (TPSA) is 48.7 Å². The molecule has 0 aliphatic carbocycles. The molecule has 0 saturated carbocycles. The molecule has 1 aromatic heterocycles. The normalized spacial score (nSPS) is 19.6. The number of rotatable bonds is 0. The van der Waals surface area contributed by atoms with E-state index in [-0.39, 0.29) is 6.04 Å². The van der Waals surface area contributed by atoms with Crippen molar-refractivity contribution in [2.45, 2.75) is 13.0 Å². The number of hydrogen-bond acceptors (Lipinski definition) is 3. The van der Waals surface area contributed by atoms with E-state index in [1.807, 2.05) is 19.1 Å². The zero-order valence-corrected chi connectivity index (χ0v) is 8.34. The van der Waals surface area contributed by atoms with Crippen molar-refractivity contribution >= 4 is 22.3 Å². The SMILES string of the molecule is CC1Nc2cccnc2C(Cl)=C1C#N. The van der Waals surface area contributed by atoms with Gasteiger partial charge in [0, 0.05) is 6.20 Å². The summed E-state index contributed by atoms with van der Waals surface area (Å²) < 4.78 is 0. The summed E-state index contributed by atoms with van der Waals surface area (Å²) >= 11 is 6.06. The van der Waals surface area contributed by atoms with Crippen LogP contribution in [-0.4, -0.2) is 11.0 Å². The Morgan fingerprint density at radius 3 is 3.14 bits per heavy atom. The Balaban J connectivity index is 2.63. The van der Waals surface area contributed by atoms with Crippen LogP contribution in [-0.2, 0) is 0 Å². The Morgan fingerprint density at radius 2 is 2.43 bits per heavy atom. The summed E-state index contributed by atoms with van der Waals surface area (Å²) in [6.07, 6.45) is 1.66. The fourth-order valence-electron chi connectivity index (χ4n) is 1.47. The summed E-state index contributed by atoms with van der Waals surface area (Å²) in [6.45, 7) is 1.90. The maximum atomic E-state index is 8.90. The Labute approximate surface area is 87.0 Å². The second kappa shape index (κ2) is 3.32. The lowest BCUT2D eigenvalue weighted by atomic mass is 10.0. The van der Waals surface area contributed by atoms with Gasteiger partial charge < -0.3 is 5.32 Å². The van der Waals surface area contributed by atoms with Gasteiger partial charge in [0.2, 0.25) is 0 Å². The van der Waals surface area contributed by atoms with Crippen LogP contribution in [0, 0.1) is 11.3 Å². The number of nitrogens with one attached hydrogen (secondary N) is 1. The lowest BCUT2D eigenvalue weighted by molar-refractivity contribution is 0.941. The monoisotopic (exact) mass is 205 g/mol. The number of pyridine rings is 1. The van der Waals surface area contributed by atoms with Crippen LogP contribution < -0.4 is 5.32 Å². The summed E-state index contributed by atoms with van der Waals surface area (Å²) in [7, 11) is 0. The van der Waals surface area contributed by atoms with E-state index in [1.165, 1.54) is 0 Å². The standard InChI is InChI=1S/C10H8ClN3/c1-6-7(5-12)9(11)10-8(14-6)3-2-4-13-10/h2-4,6,14H,1H3. The first-order valence-corrected chi connectivity index (χ1v) is 4.63. The van der Waals surface area contributed by atoms with Gasteiger partial charge >= 0.3 is 0 Å². The Kier molecular flexibility index (Phi) is 2.14. The zero-order chi connectivity index (χ0) is 10.1. The Hall–Kier alpha value is -1.53. The van der Waals surface area contributed by atoms with E-state index in [0.717, 1.165) is 5.69 Å². The summed E-state index contributed by atoms with van der Waals surface area (Å²) in [5.41, 5.74) is 2.07. The first kappa shape index (κ1) is 9.04. The number of nitrogens with zero attached hydrogens (tertiary/aromatic N) is 2. The number of hydrogen-bond donors (Lipinski definition) is 1. The van der Waals surface area contributed by atoms with Crippen LogP contribution in [0.4, 0.5) is 5.69 Å². The lowest BCUT2D eigenvalue weighted by Crippen LogP contribution is -2.22. The van der Waals surface area contributed by atoms with E-state index in [0.29, 0.717) is 16.3 Å². The maximum Gasteiger partial charge on any atom is 0.106 e. The third-order valence-corrected chi connectivity index (χ3v) is 2.56. The lowest BCUT2D eigenvalue weighted by Gasteiger charge is -2.22. The molecule has 14 heavy (non-hydrogen) atoms. The molecule has 0 aromatic carbocycles. The second-order valence-electron chi connectivity index (χ2n) is 3.11. The molecule has 0 fully saturated rings. The number of anilines is 1. The minimum atomic E-state index is -0.0517. The van der Waals surface area contributed by atoms with E-state index < -0.39 is 0 Å². The molecule has 0 spiro atoms. The van der Waals surface area contributed by atoms with Crippen LogP contribution in [0.5, 0.6) is 0 Å². The van der Waals surface area contributed by atoms with Crippen molar-refractivity contribution in [2.75, 3.05) is 5.32 Å². The second-order valence-corrected chi connectivity index (χ2v) is 3.48. The predicted octanol–water partition coefficient (Wildman–Crippen LogP) is 2.37. The molecule has 0 bridgehead atoms. The van der Waals surface area contributed by atoms with Crippen molar-refractivity contribution in [1.82, 2.24) is 4.98 Å². The minimum Gasteiger partial charge on any atom is -0.376 e. The van der Waals surface area contributed by atoms with Gasteiger partial charge in [0.15, 0.2) is 0 Å². The van der Waals surface area contributed by atoms with Gasteiger partial charge in [-0.15, -0.1) is 0 Å². The molecule has 1 aliphatic rings. The van der Waals surface area contributed by atoms with Crippen LogP contribution in [0.2, 0.25) is 0 Å². The van der Waals surface area contributed by atoms with E-state index in [2.05, 4.69) is 16.4 Å². The molecule has 0 saturated heterocycles. The van der Waals surface area contributed by atoms with E-state index in [4.69, 9.17) is 16.9 Å². The van der Waals surface area contributed by atoms with Gasteiger partial charge in [-0.25, -0.2) is 0 Å². The smallest absolute Gasteiger partial charge is 0.106 e. The van der Waals surface area contributed by atoms with Crippen molar-refractivity contribution in [2.24, 2.45) is 0 Å². The highest BCUT2D eigenvalue weighted by atomic mass is 35.5. The van der Waals surface area contributed by atoms with Gasteiger partial charge in [-0.1, -0.05) is 11.6 Å². The molecule has 1 atom stereocenters. The molecule has 1 N–H and O–H groups in total. The molecule has 1 unspecified atom stereocenters. The Morgan fingerprint density at radius 1 is 1.64 bits per heavy atom. The van der Waals surface area contributed by atoms with E-state index in [9.17, 15) is 0 Å². The average Bonchev–Trinajstić information content (AvgIpc) is 2.18. The number of nitriles is 1. The molecule has 4 heteroatoms. The summed E-state index contributed by atoms with van der Waals surface area (Å²) in [5.74, 6) is 0. The number of aromatic nitrogens is 1. The van der Waals surface area contributed by atoms with Crippen molar-refractivity contribution in [1.29, 1.82) is 5.26 Å². The van der Waals surface area contributed by atoms with Crippen molar-refractivity contribution in [3.8, 4) is 6.07 Å². The summed E-state index contributed by atoms with van der Waals surface area (Å²) in [5, 5.41) is 12.5. The van der Waals surface area contributed by atoms with Crippen LogP contribution in [0.15, 0.2) is 23.9 Å². The summed E-state index contributed by atoms with van der Waals surface area (Å²) in [6, 6.07) is 5.77. The molecular formula is C10H8ClN3. The molecule has 0 radical (unpaired) electrons. The van der Waals surface area contributed by atoms with Crippen molar-refractivity contribution in [3.05, 3.63) is 29.6 Å². The molecule has 70 valence electrons. The largest absolute Gasteiger partial charge is 0.376 e. The van der Waals surface area contributed by atoms with Gasteiger partial charge in [0.25, 0.3) is 0 Å². The highest BCUT2D eigenvalue weighted by Gasteiger charge is 2.23. The molecule has 2 rings (SSSR count). The van der Waals surface area contributed by atoms with Gasteiger partial charge in [-0.3, -0.25) is 4.98 Å². The van der Waals surface area contributed by atoms with Gasteiger partial charge in [-0.05, 0) is 19.1 Å². The first-order chi connectivity index (χ1) is 6.74. The fraction of sp³-hybridized carbons (Fsp3) is 0.200. The number of halogens is 1. The zero-order valence-electron chi connectivity index (χ0n) is 7.58. The van der Waals surface area contributed by atoms with E-state index >= 15 is 0 Å². The highest BCUT2D eigenvalue weighted by molar-refractivity contribution is 6.50. The third kappa shape index (κ3) is 1.24. The maximum absolute atomic E-state index is 8.90. The van der Waals surface area contributed by atoms with Crippen LogP contribution in [0.3, 0.4) is 0 Å². The molecule has 3 nitrogen and oxygen atoms in total. The molecule has 1 aromatic rings. The highest BCUT2D eigenvalue weighted by Crippen LogP contribution is 2.33. The minimum absolute atomic E-state index is 0.0517. The van der Waals surface area contributed by atoms with Crippen molar-refractivity contribution < 1.29 is 0 Å². The predicted molar refractivity (Wildman–Crippen MR) is 55.7 cm³/mol. The van der Waals surface area contributed by atoms with Crippen LogP contribution in [0.1, 0.15) is 12.6 Å². The van der Waals surface area contributed by atoms with Gasteiger partial charge in [0.05, 0.1) is 28.4 Å². The molecule has 1 aliphatic heterocycles. The van der Waals surface area contributed by atoms with Crippen molar-refractivity contribution in [3.63, 3.8) is 0 Å². The van der Waals surface area contributed by atoms with Crippen LogP contribution in [0.25, 0.3) is 5.03 Å².